The molecule has 1 unspecified atom stereocenters. The standard InChI is InChI=1S/C12H19NO4S/c1-13-10(7-8-14)9-18(15,16)12-6-4-3-5-11(12)17-2/h3-6,10,13-14H,7-9H2,1-2H3. The lowest BCUT2D eigenvalue weighted by molar-refractivity contribution is 0.272. The van der Waals surface area contributed by atoms with Crippen molar-refractivity contribution in [2.45, 2.75) is 17.4 Å². The highest BCUT2D eigenvalue weighted by Crippen LogP contribution is 2.24. The molecule has 0 fully saturated rings. The van der Waals surface area contributed by atoms with E-state index in [-0.39, 0.29) is 23.3 Å². The molecule has 0 aliphatic carbocycles. The van der Waals surface area contributed by atoms with Gasteiger partial charge in [0, 0.05) is 12.6 Å². The molecule has 18 heavy (non-hydrogen) atoms. The summed E-state index contributed by atoms with van der Waals surface area (Å²) in [6.07, 6.45) is 0.394. The topological polar surface area (TPSA) is 75.6 Å². The molecule has 1 rings (SSSR count). The molecule has 2 N–H and O–H groups in total. The minimum atomic E-state index is -3.44. The van der Waals surface area contributed by atoms with Crippen molar-refractivity contribution in [3.63, 3.8) is 0 Å². The van der Waals surface area contributed by atoms with Crippen LogP contribution >= 0.6 is 0 Å². The first-order valence-corrected chi connectivity index (χ1v) is 7.34. The smallest absolute Gasteiger partial charge is 0.183 e. The summed E-state index contributed by atoms with van der Waals surface area (Å²) in [6, 6.07) is 6.26. The van der Waals surface area contributed by atoms with Gasteiger partial charge >= 0.3 is 0 Å². The minimum Gasteiger partial charge on any atom is -0.495 e. The van der Waals surface area contributed by atoms with Crippen LogP contribution in [0, 0.1) is 0 Å². The number of ether oxygens (including phenoxy) is 1. The van der Waals surface area contributed by atoms with Crippen molar-refractivity contribution >= 4 is 9.84 Å². The van der Waals surface area contributed by atoms with E-state index in [0.29, 0.717) is 12.2 Å². The number of hydrogen-bond acceptors (Lipinski definition) is 5. The molecular weight excluding hydrogens is 254 g/mol. The van der Waals surface area contributed by atoms with E-state index in [9.17, 15) is 8.42 Å². The van der Waals surface area contributed by atoms with Crippen molar-refractivity contribution in [1.82, 2.24) is 5.32 Å². The van der Waals surface area contributed by atoms with E-state index in [1.165, 1.54) is 13.2 Å². The minimum absolute atomic E-state index is 0.0487. The number of aliphatic hydroxyl groups is 1. The molecule has 0 radical (unpaired) electrons. The van der Waals surface area contributed by atoms with Crippen LogP contribution in [0.15, 0.2) is 29.2 Å². The number of hydrogen-bond donors (Lipinski definition) is 2. The Morgan fingerprint density at radius 1 is 1.39 bits per heavy atom. The Morgan fingerprint density at radius 2 is 2.06 bits per heavy atom. The first kappa shape index (κ1) is 14.9. The average molecular weight is 273 g/mol. The highest BCUT2D eigenvalue weighted by Gasteiger charge is 2.23. The van der Waals surface area contributed by atoms with Crippen LogP contribution in [-0.2, 0) is 9.84 Å². The van der Waals surface area contributed by atoms with Crippen LogP contribution in [0.3, 0.4) is 0 Å². The summed E-state index contributed by atoms with van der Waals surface area (Å²) in [4.78, 5) is 0.186. The van der Waals surface area contributed by atoms with Gasteiger partial charge in [0.15, 0.2) is 9.84 Å². The molecule has 0 heterocycles. The van der Waals surface area contributed by atoms with Crippen molar-refractivity contribution in [3.8, 4) is 5.75 Å². The van der Waals surface area contributed by atoms with E-state index in [0.717, 1.165) is 0 Å². The molecule has 0 saturated carbocycles. The predicted molar refractivity (Wildman–Crippen MR) is 69.6 cm³/mol. The molecule has 0 bridgehead atoms. The molecule has 0 aliphatic rings. The molecule has 6 heteroatoms. The largest absolute Gasteiger partial charge is 0.495 e. The van der Waals surface area contributed by atoms with Gasteiger partial charge < -0.3 is 15.2 Å². The Balaban J connectivity index is 2.98. The monoisotopic (exact) mass is 273 g/mol. The number of nitrogens with one attached hydrogen (secondary N) is 1. The Labute approximate surface area is 108 Å². The van der Waals surface area contributed by atoms with E-state index in [1.807, 2.05) is 0 Å². The van der Waals surface area contributed by atoms with Gasteiger partial charge in [-0.1, -0.05) is 12.1 Å². The van der Waals surface area contributed by atoms with Gasteiger partial charge in [-0.15, -0.1) is 0 Å². The third kappa shape index (κ3) is 3.69. The second-order valence-electron chi connectivity index (χ2n) is 3.93. The first-order valence-electron chi connectivity index (χ1n) is 5.69. The van der Waals surface area contributed by atoms with Crippen molar-refractivity contribution in [1.29, 1.82) is 0 Å². The lowest BCUT2D eigenvalue weighted by Gasteiger charge is -2.16. The Kier molecular flexibility index (Phi) is 5.58. The Hall–Kier alpha value is -1.11. The third-order valence-corrected chi connectivity index (χ3v) is 4.56. The average Bonchev–Trinajstić information content (AvgIpc) is 2.38. The van der Waals surface area contributed by atoms with Gasteiger partial charge in [-0.05, 0) is 25.6 Å². The number of methoxy groups -OCH3 is 1. The maximum atomic E-state index is 12.3. The van der Waals surface area contributed by atoms with Crippen LogP contribution in [-0.4, -0.2) is 46.1 Å². The number of sulfone groups is 1. The summed E-state index contributed by atoms with van der Waals surface area (Å²) in [5, 5.41) is 11.8. The summed E-state index contributed by atoms with van der Waals surface area (Å²) in [6.45, 7) is -0.0487. The summed E-state index contributed by atoms with van der Waals surface area (Å²) in [5.41, 5.74) is 0. The number of aliphatic hydroxyl groups excluding tert-OH is 1. The van der Waals surface area contributed by atoms with Gasteiger partial charge in [-0.25, -0.2) is 8.42 Å². The zero-order valence-electron chi connectivity index (χ0n) is 10.6. The lowest BCUT2D eigenvalue weighted by atomic mass is 10.2. The predicted octanol–water partition coefficient (Wildman–Crippen LogP) is 0.439. The fourth-order valence-corrected chi connectivity index (χ4v) is 3.48. The second-order valence-corrected chi connectivity index (χ2v) is 5.93. The first-order chi connectivity index (χ1) is 8.55. The van der Waals surface area contributed by atoms with E-state index in [4.69, 9.17) is 9.84 Å². The quantitative estimate of drug-likeness (QED) is 0.754. The fourth-order valence-electron chi connectivity index (χ4n) is 1.70. The van der Waals surface area contributed by atoms with Gasteiger partial charge in [0.25, 0.3) is 0 Å². The molecule has 0 amide bonds. The second kappa shape index (κ2) is 6.72. The van der Waals surface area contributed by atoms with Crippen LogP contribution < -0.4 is 10.1 Å². The Morgan fingerprint density at radius 3 is 2.61 bits per heavy atom. The normalized spacial score (nSPS) is 13.3. The van der Waals surface area contributed by atoms with E-state index >= 15 is 0 Å². The fraction of sp³-hybridized carbons (Fsp3) is 0.500. The van der Waals surface area contributed by atoms with E-state index in [2.05, 4.69) is 5.32 Å². The summed E-state index contributed by atoms with van der Waals surface area (Å²) in [5.74, 6) is 0.279. The van der Waals surface area contributed by atoms with E-state index in [1.54, 1.807) is 25.2 Å². The molecule has 0 aromatic heterocycles. The van der Waals surface area contributed by atoms with Gasteiger partial charge in [0.1, 0.15) is 10.6 Å². The molecule has 1 aromatic rings. The molecule has 102 valence electrons. The van der Waals surface area contributed by atoms with Crippen LogP contribution in [0.5, 0.6) is 5.75 Å². The van der Waals surface area contributed by atoms with Crippen LogP contribution in [0.1, 0.15) is 6.42 Å². The van der Waals surface area contributed by atoms with Crippen molar-refractivity contribution < 1.29 is 18.3 Å². The van der Waals surface area contributed by atoms with Crippen LogP contribution in [0.25, 0.3) is 0 Å². The molecule has 1 atom stereocenters. The van der Waals surface area contributed by atoms with E-state index < -0.39 is 9.84 Å². The zero-order chi connectivity index (χ0) is 13.6. The summed E-state index contributed by atoms with van der Waals surface area (Å²) in [7, 11) is -0.314. The highest BCUT2D eigenvalue weighted by molar-refractivity contribution is 7.91. The maximum Gasteiger partial charge on any atom is 0.183 e. The van der Waals surface area contributed by atoms with Crippen LogP contribution in [0.4, 0.5) is 0 Å². The van der Waals surface area contributed by atoms with Crippen LogP contribution in [0.2, 0.25) is 0 Å². The van der Waals surface area contributed by atoms with Gasteiger partial charge in [-0.2, -0.15) is 0 Å². The van der Waals surface area contributed by atoms with Crippen molar-refractivity contribution in [3.05, 3.63) is 24.3 Å². The number of para-hydroxylation sites is 1. The zero-order valence-corrected chi connectivity index (χ0v) is 11.4. The molecule has 5 nitrogen and oxygen atoms in total. The lowest BCUT2D eigenvalue weighted by Crippen LogP contribution is -2.34. The molecule has 0 aliphatic heterocycles. The SMILES string of the molecule is CNC(CCO)CS(=O)(=O)c1ccccc1OC. The van der Waals surface area contributed by atoms with Crippen molar-refractivity contribution in [2.24, 2.45) is 0 Å². The maximum absolute atomic E-state index is 12.3. The Bertz CT molecular complexity index is 473. The molecule has 0 spiro atoms. The van der Waals surface area contributed by atoms with Gasteiger partial charge in [-0.3, -0.25) is 0 Å². The number of rotatable bonds is 7. The van der Waals surface area contributed by atoms with Gasteiger partial charge in [0.05, 0.1) is 12.9 Å². The molecular formula is C12H19NO4S. The molecule has 0 saturated heterocycles. The van der Waals surface area contributed by atoms with Gasteiger partial charge in [0.2, 0.25) is 0 Å². The molecule has 1 aromatic carbocycles. The summed E-state index contributed by atoms with van der Waals surface area (Å²) < 4.78 is 29.6. The van der Waals surface area contributed by atoms with Crippen molar-refractivity contribution in [2.75, 3.05) is 26.5 Å². The number of benzene rings is 1. The highest BCUT2D eigenvalue weighted by atomic mass is 32.2. The summed E-state index contributed by atoms with van der Waals surface area (Å²) >= 11 is 0. The third-order valence-electron chi connectivity index (χ3n) is 2.71.